The van der Waals surface area contributed by atoms with Gasteiger partial charge in [-0.3, -0.25) is 4.84 Å². The van der Waals surface area contributed by atoms with Crippen LogP contribution in [-0.2, 0) is 10.4 Å². The van der Waals surface area contributed by atoms with E-state index in [0.717, 1.165) is 0 Å². The number of hydroxylamine groups is 1. The topological polar surface area (TPSA) is 70.6 Å². The van der Waals surface area contributed by atoms with Gasteiger partial charge in [0.1, 0.15) is 11.4 Å². The summed E-state index contributed by atoms with van der Waals surface area (Å²) in [4.78, 5) is 16.4. The molecule has 0 heterocycles. The number of carbonyl (C=O) groups excluding carboxylic acids is 1. The highest BCUT2D eigenvalue weighted by Gasteiger charge is 2.23. The van der Waals surface area contributed by atoms with Crippen LogP contribution in [0.2, 0.25) is 0 Å². The van der Waals surface area contributed by atoms with Gasteiger partial charge in [0.25, 0.3) is 0 Å². The zero-order chi connectivity index (χ0) is 15.2. The number of hydrogen-bond donors (Lipinski definition) is 3. The number of rotatable bonds is 6. The fourth-order valence-electron chi connectivity index (χ4n) is 1.47. The number of halogens is 1. The van der Waals surface area contributed by atoms with Gasteiger partial charge in [-0.05, 0) is 30.5 Å². The van der Waals surface area contributed by atoms with E-state index in [4.69, 9.17) is 4.84 Å². The Balaban J connectivity index is 2.42. The molecule has 1 aromatic carbocycles. The van der Waals surface area contributed by atoms with Crippen molar-refractivity contribution in [2.75, 3.05) is 13.2 Å². The van der Waals surface area contributed by atoms with E-state index in [1.807, 2.05) is 13.8 Å². The fourth-order valence-corrected chi connectivity index (χ4v) is 1.47. The lowest BCUT2D eigenvalue weighted by molar-refractivity contribution is 0.0348. The highest BCUT2D eigenvalue weighted by atomic mass is 19.1. The average Bonchev–Trinajstić information content (AvgIpc) is 2.36. The predicted octanol–water partition coefficient (Wildman–Crippen LogP) is 1.92. The van der Waals surface area contributed by atoms with Crippen molar-refractivity contribution in [3.05, 3.63) is 35.6 Å². The van der Waals surface area contributed by atoms with Gasteiger partial charge in [0.05, 0.1) is 13.2 Å². The Morgan fingerprint density at radius 2 is 2.00 bits per heavy atom. The van der Waals surface area contributed by atoms with Crippen molar-refractivity contribution in [2.24, 2.45) is 5.92 Å². The highest BCUT2D eigenvalue weighted by molar-refractivity contribution is 5.72. The first-order chi connectivity index (χ1) is 9.31. The monoisotopic (exact) mass is 284 g/mol. The first kappa shape index (κ1) is 16.4. The maximum atomic E-state index is 12.8. The normalized spacial score (nSPS) is 13.9. The van der Waals surface area contributed by atoms with E-state index < -0.39 is 11.6 Å². The Morgan fingerprint density at radius 3 is 2.55 bits per heavy atom. The van der Waals surface area contributed by atoms with Gasteiger partial charge in [0.15, 0.2) is 0 Å². The van der Waals surface area contributed by atoms with Gasteiger partial charge in [0, 0.05) is 0 Å². The van der Waals surface area contributed by atoms with Crippen LogP contribution in [0.3, 0.4) is 0 Å². The average molecular weight is 284 g/mol. The van der Waals surface area contributed by atoms with Gasteiger partial charge in [-0.1, -0.05) is 26.0 Å². The molecule has 2 amide bonds. The zero-order valence-electron chi connectivity index (χ0n) is 11.9. The Morgan fingerprint density at radius 1 is 1.40 bits per heavy atom. The van der Waals surface area contributed by atoms with Crippen molar-refractivity contribution >= 4 is 6.03 Å². The van der Waals surface area contributed by atoms with Crippen LogP contribution >= 0.6 is 0 Å². The van der Waals surface area contributed by atoms with Crippen molar-refractivity contribution in [3.8, 4) is 0 Å². The van der Waals surface area contributed by atoms with Crippen LogP contribution in [0, 0.1) is 11.7 Å². The van der Waals surface area contributed by atoms with Gasteiger partial charge >= 0.3 is 6.03 Å². The van der Waals surface area contributed by atoms with E-state index in [2.05, 4.69) is 10.8 Å². The molecule has 112 valence electrons. The smallest absolute Gasteiger partial charge is 0.338 e. The minimum Gasteiger partial charge on any atom is -0.384 e. The molecule has 0 spiro atoms. The molecule has 1 unspecified atom stereocenters. The molecular weight excluding hydrogens is 263 g/mol. The minimum atomic E-state index is -1.29. The molecule has 1 aromatic rings. The minimum absolute atomic E-state index is 0.0183. The van der Waals surface area contributed by atoms with Gasteiger partial charge in [-0.15, -0.1) is 0 Å². The highest BCUT2D eigenvalue weighted by Crippen LogP contribution is 2.19. The van der Waals surface area contributed by atoms with Crippen LogP contribution in [-0.4, -0.2) is 24.3 Å². The number of hydrogen-bond acceptors (Lipinski definition) is 3. The maximum absolute atomic E-state index is 12.8. The van der Waals surface area contributed by atoms with Crippen LogP contribution in [0.4, 0.5) is 9.18 Å². The lowest BCUT2D eigenvalue weighted by atomic mass is 9.96. The molecule has 0 aromatic heterocycles. The Labute approximate surface area is 118 Å². The molecule has 0 fully saturated rings. The third-order valence-electron chi connectivity index (χ3n) is 2.64. The Bertz CT molecular complexity index is 433. The Kier molecular flexibility index (Phi) is 5.91. The molecule has 0 aliphatic heterocycles. The maximum Gasteiger partial charge on any atom is 0.338 e. The van der Waals surface area contributed by atoms with Crippen molar-refractivity contribution in [1.29, 1.82) is 0 Å². The van der Waals surface area contributed by atoms with E-state index >= 15 is 0 Å². The predicted molar refractivity (Wildman–Crippen MR) is 73.3 cm³/mol. The molecule has 20 heavy (non-hydrogen) atoms. The lowest BCUT2D eigenvalue weighted by Crippen LogP contribution is -2.43. The summed E-state index contributed by atoms with van der Waals surface area (Å²) in [7, 11) is 0. The van der Waals surface area contributed by atoms with Gasteiger partial charge < -0.3 is 10.4 Å². The first-order valence-electron chi connectivity index (χ1n) is 6.45. The summed E-state index contributed by atoms with van der Waals surface area (Å²) in [6, 6.07) is 4.94. The van der Waals surface area contributed by atoms with Crippen molar-refractivity contribution in [2.45, 2.75) is 26.4 Å². The van der Waals surface area contributed by atoms with Crippen LogP contribution in [0.1, 0.15) is 26.3 Å². The van der Waals surface area contributed by atoms with Crippen molar-refractivity contribution in [1.82, 2.24) is 10.8 Å². The molecule has 3 N–H and O–H groups in total. The summed E-state index contributed by atoms with van der Waals surface area (Å²) in [5, 5.41) is 12.7. The first-order valence-corrected chi connectivity index (χ1v) is 6.45. The molecule has 0 saturated heterocycles. The van der Waals surface area contributed by atoms with Crippen molar-refractivity contribution in [3.63, 3.8) is 0 Å². The molecule has 1 atom stereocenters. The Hall–Kier alpha value is -1.66. The van der Waals surface area contributed by atoms with Crippen LogP contribution in [0.25, 0.3) is 0 Å². The molecule has 6 heteroatoms. The molecule has 0 aliphatic rings. The largest absolute Gasteiger partial charge is 0.384 e. The number of benzene rings is 1. The van der Waals surface area contributed by atoms with Gasteiger partial charge in [-0.2, -0.15) is 0 Å². The van der Waals surface area contributed by atoms with E-state index in [1.165, 1.54) is 31.2 Å². The van der Waals surface area contributed by atoms with Gasteiger partial charge in [0.2, 0.25) is 0 Å². The number of nitrogens with one attached hydrogen (secondary N) is 2. The van der Waals surface area contributed by atoms with E-state index in [-0.39, 0.29) is 12.4 Å². The molecular formula is C14H21FN2O3. The molecule has 0 aliphatic carbocycles. The number of urea groups is 1. The number of amides is 2. The summed E-state index contributed by atoms with van der Waals surface area (Å²) in [5.41, 5.74) is 1.45. The third-order valence-corrected chi connectivity index (χ3v) is 2.64. The van der Waals surface area contributed by atoms with Gasteiger partial charge in [-0.25, -0.2) is 14.7 Å². The summed E-state index contributed by atoms with van der Waals surface area (Å²) in [6.45, 7) is 5.84. The molecule has 0 bridgehead atoms. The molecule has 5 nitrogen and oxygen atoms in total. The second kappa shape index (κ2) is 7.21. The fraction of sp³-hybridized carbons (Fsp3) is 0.500. The summed E-state index contributed by atoms with van der Waals surface area (Å²) in [5.74, 6) is -0.0741. The number of aliphatic hydroxyl groups is 1. The summed E-state index contributed by atoms with van der Waals surface area (Å²) < 4.78 is 12.8. The molecule has 0 radical (unpaired) electrons. The second-order valence-corrected chi connectivity index (χ2v) is 5.27. The lowest BCUT2D eigenvalue weighted by Gasteiger charge is -2.24. The quantitative estimate of drug-likeness (QED) is 0.699. The summed E-state index contributed by atoms with van der Waals surface area (Å²) in [6.07, 6.45) is 0. The van der Waals surface area contributed by atoms with Crippen LogP contribution < -0.4 is 10.8 Å². The SMILES string of the molecule is CC(C)CONC(=O)NCC(C)(O)c1ccc(F)cc1. The van der Waals surface area contributed by atoms with E-state index in [1.54, 1.807) is 0 Å². The van der Waals surface area contributed by atoms with Crippen LogP contribution in [0.5, 0.6) is 0 Å². The zero-order valence-corrected chi connectivity index (χ0v) is 11.9. The molecule has 1 rings (SSSR count). The third kappa shape index (κ3) is 5.54. The number of carbonyl (C=O) groups is 1. The standard InChI is InChI=1S/C14H21FN2O3/c1-10(2)8-20-17-13(18)16-9-14(3,19)11-4-6-12(15)7-5-11/h4-7,10,19H,8-9H2,1-3H3,(H2,16,17,18). The van der Waals surface area contributed by atoms with E-state index in [9.17, 15) is 14.3 Å². The van der Waals surface area contributed by atoms with E-state index in [0.29, 0.717) is 18.1 Å². The van der Waals surface area contributed by atoms with Crippen LogP contribution in [0.15, 0.2) is 24.3 Å². The summed E-state index contributed by atoms with van der Waals surface area (Å²) >= 11 is 0. The van der Waals surface area contributed by atoms with Crippen molar-refractivity contribution < 1.29 is 19.1 Å². The molecule has 0 saturated carbocycles. The second-order valence-electron chi connectivity index (χ2n) is 5.27.